The molecule has 0 bridgehead atoms. The van der Waals surface area contributed by atoms with Gasteiger partial charge in [-0.2, -0.15) is 13.2 Å². The van der Waals surface area contributed by atoms with Crippen molar-refractivity contribution in [2.75, 3.05) is 13.1 Å². The van der Waals surface area contributed by atoms with Crippen LogP contribution in [0.25, 0.3) is 0 Å². The molecule has 1 heterocycles. The lowest BCUT2D eigenvalue weighted by Gasteiger charge is -2.29. The summed E-state index contributed by atoms with van der Waals surface area (Å²) in [6.45, 7) is -0.618. The molecule has 2 rings (SSSR count). The molecule has 1 aromatic carbocycles. The fourth-order valence-corrected chi connectivity index (χ4v) is 2.19. The minimum absolute atomic E-state index is 0.00217. The third-order valence-corrected chi connectivity index (χ3v) is 3.33. The number of rotatable bonds is 2. The second-order valence-electron chi connectivity index (χ2n) is 4.44. The van der Waals surface area contributed by atoms with Gasteiger partial charge in [0.15, 0.2) is 17.4 Å². The number of alkyl halides is 3. The van der Waals surface area contributed by atoms with Crippen LogP contribution < -0.4 is 5.32 Å². The van der Waals surface area contributed by atoms with E-state index in [4.69, 9.17) is 0 Å². The van der Waals surface area contributed by atoms with Crippen molar-refractivity contribution in [3.63, 3.8) is 0 Å². The van der Waals surface area contributed by atoms with E-state index in [2.05, 4.69) is 5.32 Å². The Hall–Kier alpha value is -1.50. The summed E-state index contributed by atoms with van der Waals surface area (Å²) in [5.41, 5.74) is -3.54. The van der Waals surface area contributed by atoms with Crippen molar-refractivity contribution in [1.29, 1.82) is 0 Å². The highest BCUT2D eigenvalue weighted by Gasteiger charge is 2.61. The van der Waals surface area contributed by atoms with Gasteiger partial charge < -0.3 is 5.32 Å². The Bertz CT molecular complexity index is 505. The van der Waals surface area contributed by atoms with Crippen LogP contribution in [0, 0.1) is 17.0 Å². The van der Waals surface area contributed by atoms with Crippen molar-refractivity contribution in [2.24, 2.45) is 5.41 Å². The topological polar surface area (TPSA) is 29.1 Å². The molecule has 2 nitrogen and oxygen atoms in total. The number of hydrogen-bond donors (Lipinski definition) is 1. The van der Waals surface area contributed by atoms with Gasteiger partial charge >= 0.3 is 6.18 Å². The van der Waals surface area contributed by atoms with Crippen molar-refractivity contribution in [1.82, 2.24) is 5.32 Å². The molecule has 1 aromatic rings. The first-order valence-corrected chi connectivity index (χ1v) is 5.56. The lowest BCUT2D eigenvalue weighted by atomic mass is 9.78. The number of hydrogen-bond acceptors (Lipinski definition) is 2. The van der Waals surface area contributed by atoms with Gasteiger partial charge in [-0.3, -0.25) is 4.79 Å². The van der Waals surface area contributed by atoms with Crippen LogP contribution in [0.2, 0.25) is 0 Å². The molecule has 0 aromatic heterocycles. The third kappa shape index (κ3) is 2.11. The lowest BCUT2D eigenvalue weighted by molar-refractivity contribution is -0.197. The molecular weight excluding hydrogens is 269 g/mol. The monoisotopic (exact) mass is 279 g/mol. The first-order valence-electron chi connectivity index (χ1n) is 5.56. The van der Waals surface area contributed by atoms with Crippen molar-refractivity contribution in [3.05, 3.63) is 35.4 Å². The van der Waals surface area contributed by atoms with Crippen molar-refractivity contribution in [2.45, 2.75) is 12.6 Å². The van der Waals surface area contributed by atoms with Crippen molar-refractivity contribution < 1.29 is 26.7 Å². The molecule has 0 saturated carbocycles. The van der Waals surface area contributed by atoms with E-state index in [1.54, 1.807) is 0 Å². The van der Waals surface area contributed by atoms with E-state index in [0.29, 0.717) is 0 Å². The van der Waals surface area contributed by atoms with Crippen LogP contribution in [-0.4, -0.2) is 25.0 Å². The highest BCUT2D eigenvalue weighted by molar-refractivity contribution is 6.01. The third-order valence-electron chi connectivity index (χ3n) is 3.33. The quantitative estimate of drug-likeness (QED) is 0.666. The highest BCUT2D eigenvalue weighted by Crippen LogP contribution is 2.45. The van der Waals surface area contributed by atoms with Crippen molar-refractivity contribution in [3.8, 4) is 0 Å². The first kappa shape index (κ1) is 13.9. The summed E-state index contributed by atoms with van der Waals surface area (Å²) >= 11 is 0. The van der Waals surface area contributed by atoms with Gasteiger partial charge in [0.1, 0.15) is 5.41 Å². The molecule has 7 heteroatoms. The molecule has 1 fully saturated rings. The van der Waals surface area contributed by atoms with Crippen LogP contribution in [0.15, 0.2) is 18.2 Å². The zero-order valence-corrected chi connectivity index (χ0v) is 9.65. The number of Topliss-reactive ketones (excluding diaryl/α,β-unsaturated/α-hetero) is 1. The smallest absolute Gasteiger partial charge is 0.315 e. The summed E-state index contributed by atoms with van der Waals surface area (Å²) < 4.78 is 65.8. The van der Waals surface area contributed by atoms with E-state index in [1.165, 1.54) is 0 Å². The lowest BCUT2D eigenvalue weighted by Crippen LogP contribution is -2.47. The second-order valence-corrected chi connectivity index (χ2v) is 4.44. The molecule has 19 heavy (non-hydrogen) atoms. The van der Waals surface area contributed by atoms with Gasteiger partial charge in [0.2, 0.25) is 0 Å². The number of halogens is 5. The number of benzene rings is 1. The summed E-state index contributed by atoms with van der Waals surface area (Å²) in [7, 11) is 0. The summed E-state index contributed by atoms with van der Waals surface area (Å²) in [4.78, 5) is 12.0. The second kappa shape index (κ2) is 4.56. The van der Waals surface area contributed by atoms with E-state index in [-0.39, 0.29) is 6.54 Å². The zero-order valence-electron chi connectivity index (χ0n) is 9.65. The summed E-state index contributed by atoms with van der Waals surface area (Å²) in [6, 6.07) is 2.63. The fraction of sp³-hybridized carbons (Fsp3) is 0.417. The fourth-order valence-electron chi connectivity index (χ4n) is 2.19. The molecule has 1 unspecified atom stereocenters. The molecule has 0 amide bonds. The first-order chi connectivity index (χ1) is 8.79. The predicted octanol–water partition coefficient (Wildman–Crippen LogP) is 2.69. The Balaban J connectivity index is 2.50. The Morgan fingerprint density at radius 1 is 1.26 bits per heavy atom. The summed E-state index contributed by atoms with van der Waals surface area (Å²) in [5.74, 6) is -4.31. The van der Waals surface area contributed by atoms with Crippen LogP contribution in [0.4, 0.5) is 22.0 Å². The molecule has 104 valence electrons. The van der Waals surface area contributed by atoms with Gasteiger partial charge in [-0.15, -0.1) is 0 Å². The van der Waals surface area contributed by atoms with Gasteiger partial charge in [-0.25, -0.2) is 8.78 Å². The molecule has 1 N–H and O–H groups in total. The van der Waals surface area contributed by atoms with Crippen LogP contribution in [0.1, 0.15) is 16.8 Å². The standard InChI is InChI=1S/C12H10F5NO/c13-8-3-1-2-7(9(8)14)10(19)11(12(15,16)17)4-5-18-6-11/h1-3,18H,4-6H2. The minimum Gasteiger partial charge on any atom is -0.315 e. The van der Waals surface area contributed by atoms with Gasteiger partial charge in [-0.05, 0) is 25.1 Å². The summed E-state index contributed by atoms with van der Waals surface area (Å²) in [6.07, 6.45) is -5.29. The molecule has 0 radical (unpaired) electrons. The minimum atomic E-state index is -4.81. The molecule has 1 aliphatic rings. The molecule has 0 spiro atoms. The Labute approximate surface area is 105 Å². The van der Waals surface area contributed by atoms with E-state index < -0.39 is 47.5 Å². The van der Waals surface area contributed by atoms with Crippen LogP contribution in [0.3, 0.4) is 0 Å². The number of nitrogens with one attached hydrogen (secondary N) is 1. The maximum absolute atomic E-state index is 13.5. The maximum atomic E-state index is 13.5. The molecule has 1 atom stereocenters. The van der Waals surface area contributed by atoms with E-state index >= 15 is 0 Å². The average Bonchev–Trinajstić information content (AvgIpc) is 2.81. The molecular formula is C12H10F5NO. The van der Waals surface area contributed by atoms with Gasteiger partial charge in [0.25, 0.3) is 0 Å². The predicted molar refractivity (Wildman–Crippen MR) is 56.7 cm³/mol. The molecule has 1 aliphatic heterocycles. The van der Waals surface area contributed by atoms with Crippen LogP contribution in [0.5, 0.6) is 0 Å². The van der Waals surface area contributed by atoms with Gasteiger partial charge in [0.05, 0.1) is 5.56 Å². The zero-order chi connectivity index (χ0) is 14.3. The normalized spacial score (nSPS) is 23.6. The Morgan fingerprint density at radius 2 is 1.95 bits per heavy atom. The largest absolute Gasteiger partial charge is 0.402 e. The van der Waals surface area contributed by atoms with Gasteiger partial charge in [-0.1, -0.05) is 6.07 Å². The average molecular weight is 279 g/mol. The summed E-state index contributed by atoms with van der Waals surface area (Å²) in [5, 5.41) is 2.45. The van der Waals surface area contributed by atoms with Gasteiger partial charge in [0, 0.05) is 6.54 Å². The van der Waals surface area contributed by atoms with E-state index in [0.717, 1.165) is 18.2 Å². The number of carbonyl (C=O) groups excluding carboxylic acids is 1. The molecule has 0 aliphatic carbocycles. The van der Waals surface area contributed by atoms with Crippen molar-refractivity contribution >= 4 is 5.78 Å². The van der Waals surface area contributed by atoms with Crippen LogP contribution in [-0.2, 0) is 0 Å². The number of carbonyl (C=O) groups is 1. The molecule has 1 saturated heterocycles. The van der Waals surface area contributed by atoms with Crippen LogP contribution >= 0.6 is 0 Å². The highest BCUT2D eigenvalue weighted by atomic mass is 19.4. The number of ketones is 1. The maximum Gasteiger partial charge on any atom is 0.402 e. The van der Waals surface area contributed by atoms with E-state index in [9.17, 15) is 26.7 Å². The Morgan fingerprint density at radius 3 is 2.47 bits per heavy atom. The SMILES string of the molecule is O=C(c1cccc(F)c1F)C1(C(F)(F)F)CCNC1. The van der Waals surface area contributed by atoms with E-state index in [1.807, 2.05) is 0 Å². The Kier molecular flexibility index (Phi) is 3.34.